The average Bonchev–Trinajstić information content (AvgIpc) is 1.91. The zero-order valence-corrected chi connectivity index (χ0v) is 4.74. The summed E-state index contributed by atoms with van der Waals surface area (Å²) < 4.78 is 4.58. The molecule has 0 aromatic heterocycles. The van der Waals surface area contributed by atoms with Crippen molar-refractivity contribution < 1.29 is 9.84 Å². The lowest BCUT2D eigenvalue weighted by atomic mass is 10.3. The van der Waals surface area contributed by atoms with E-state index in [0.717, 1.165) is 0 Å². The van der Waals surface area contributed by atoms with Crippen LogP contribution in [0.3, 0.4) is 0 Å². The lowest BCUT2D eigenvalue weighted by Gasteiger charge is -1.96. The third-order valence-corrected chi connectivity index (χ3v) is 0.860. The highest BCUT2D eigenvalue weighted by Gasteiger charge is 1.86. The van der Waals surface area contributed by atoms with E-state index in [-0.39, 0.29) is 0 Å². The lowest BCUT2D eigenvalue weighted by Crippen LogP contribution is -1.86. The van der Waals surface area contributed by atoms with Gasteiger partial charge in [-0.05, 0) is 6.07 Å². The summed E-state index contributed by atoms with van der Waals surface area (Å²) in [5.74, 6) is 0.514. The van der Waals surface area contributed by atoms with Crippen LogP contribution in [0.2, 0.25) is 0 Å². The summed E-state index contributed by atoms with van der Waals surface area (Å²) in [7, 11) is 0. The van der Waals surface area contributed by atoms with Gasteiger partial charge in [0.1, 0.15) is 5.75 Å². The maximum Gasteiger partial charge on any atom is 0.260 e. The zero-order valence-electron chi connectivity index (χ0n) is 4.74. The first-order valence-corrected chi connectivity index (χ1v) is 2.53. The maximum atomic E-state index is 8.15. The molecule has 1 N–H and O–H groups in total. The Balaban J connectivity index is 2.61. The Morgan fingerprint density at radius 3 is 3.00 bits per heavy atom. The molecule has 2 nitrogen and oxygen atoms in total. The molecule has 0 amide bonds. The molecule has 0 aliphatic rings. The lowest BCUT2D eigenvalue weighted by molar-refractivity contribution is 0.191. The highest BCUT2D eigenvalue weighted by Crippen LogP contribution is 2.06. The molecule has 0 saturated carbocycles. The van der Waals surface area contributed by atoms with E-state index in [1.807, 2.05) is 6.07 Å². The summed E-state index contributed by atoms with van der Waals surface area (Å²) in [6.07, 6.45) is 0. The first-order valence-electron chi connectivity index (χ1n) is 2.53. The molecule has 0 bridgehead atoms. The standard InChI is InChI=1S/C7H6O2/c8-6-9-7-4-2-1-3-5-7/h1-4,6,8H. The summed E-state index contributed by atoms with van der Waals surface area (Å²) in [4.78, 5) is 0. The van der Waals surface area contributed by atoms with Crippen molar-refractivity contribution in [1.29, 1.82) is 0 Å². The van der Waals surface area contributed by atoms with Crippen molar-refractivity contribution in [2.45, 2.75) is 0 Å². The highest BCUT2D eigenvalue weighted by atomic mass is 16.6. The van der Waals surface area contributed by atoms with E-state index >= 15 is 0 Å². The van der Waals surface area contributed by atoms with Crippen LogP contribution in [0.4, 0.5) is 0 Å². The molecule has 1 rings (SSSR count). The van der Waals surface area contributed by atoms with Gasteiger partial charge < -0.3 is 9.84 Å². The SMILES string of the molecule is O[CH]Oc1[c]cccc1. The van der Waals surface area contributed by atoms with Crippen molar-refractivity contribution in [3.05, 3.63) is 37.1 Å². The molecule has 1 aromatic rings. The molecule has 2 radical (unpaired) electrons. The summed E-state index contributed by atoms with van der Waals surface area (Å²) in [5.41, 5.74) is 0. The number of aliphatic hydroxyl groups is 1. The molecule has 2 heteroatoms. The molecule has 0 saturated heterocycles. The van der Waals surface area contributed by atoms with E-state index in [0.29, 0.717) is 12.5 Å². The van der Waals surface area contributed by atoms with Crippen LogP contribution in [0.25, 0.3) is 0 Å². The van der Waals surface area contributed by atoms with Crippen LogP contribution in [0, 0.1) is 12.9 Å². The third-order valence-electron chi connectivity index (χ3n) is 0.860. The Morgan fingerprint density at radius 1 is 1.56 bits per heavy atom. The van der Waals surface area contributed by atoms with E-state index in [1.165, 1.54) is 0 Å². The van der Waals surface area contributed by atoms with Crippen LogP contribution in [0.15, 0.2) is 24.3 Å². The maximum absolute atomic E-state index is 8.15. The normalized spacial score (nSPS) is 9.00. The second-order valence-electron chi connectivity index (χ2n) is 1.45. The zero-order chi connectivity index (χ0) is 6.53. The third kappa shape index (κ3) is 1.74. The number of ether oxygens (including phenoxy) is 1. The van der Waals surface area contributed by atoms with Gasteiger partial charge in [0.15, 0.2) is 0 Å². The van der Waals surface area contributed by atoms with Gasteiger partial charge in [-0.1, -0.05) is 18.2 Å². The van der Waals surface area contributed by atoms with Gasteiger partial charge in [0.25, 0.3) is 6.79 Å². The first-order chi connectivity index (χ1) is 4.43. The van der Waals surface area contributed by atoms with Gasteiger partial charge >= 0.3 is 0 Å². The Bertz CT molecular complexity index is 160. The van der Waals surface area contributed by atoms with E-state index in [2.05, 4.69) is 10.8 Å². The summed E-state index contributed by atoms with van der Waals surface area (Å²) in [6, 6.07) is 9.79. The monoisotopic (exact) mass is 122 g/mol. The molecule has 46 valence electrons. The summed E-state index contributed by atoms with van der Waals surface area (Å²) in [5, 5.41) is 8.15. The summed E-state index contributed by atoms with van der Waals surface area (Å²) >= 11 is 0. The van der Waals surface area contributed by atoms with E-state index in [9.17, 15) is 0 Å². The average molecular weight is 122 g/mol. The predicted molar refractivity (Wildman–Crippen MR) is 32.1 cm³/mol. The number of para-hydroxylation sites is 1. The van der Waals surface area contributed by atoms with Gasteiger partial charge in [0, 0.05) is 6.07 Å². The fraction of sp³-hybridized carbons (Fsp3) is 0. The smallest absolute Gasteiger partial charge is 0.260 e. The van der Waals surface area contributed by atoms with Gasteiger partial charge in [-0.15, -0.1) is 0 Å². The minimum Gasteiger partial charge on any atom is -0.458 e. The second-order valence-corrected chi connectivity index (χ2v) is 1.45. The van der Waals surface area contributed by atoms with Crippen molar-refractivity contribution in [3.8, 4) is 5.75 Å². The Labute approximate surface area is 53.7 Å². The van der Waals surface area contributed by atoms with Crippen molar-refractivity contribution in [2.75, 3.05) is 0 Å². The largest absolute Gasteiger partial charge is 0.458 e. The number of benzene rings is 1. The van der Waals surface area contributed by atoms with Gasteiger partial charge in [0.2, 0.25) is 0 Å². The Hall–Kier alpha value is -1.02. The molecule has 9 heavy (non-hydrogen) atoms. The predicted octanol–water partition coefficient (Wildman–Crippen LogP) is 1.36. The number of hydrogen-bond acceptors (Lipinski definition) is 2. The van der Waals surface area contributed by atoms with Crippen LogP contribution in [-0.4, -0.2) is 5.11 Å². The quantitative estimate of drug-likeness (QED) is 0.641. The number of hydrogen-bond donors (Lipinski definition) is 1. The van der Waals surface area contributed by atoms with Crippen LogP contribution < -0.4 is 4.74 Å². The minimum atomic E-state index is 0.514. The molecular formula is C7H6O2. The Kier molecular flexibility index (Phi) is 2.10. The Morgan fingerprint density at radius 2 is 2.44 bits per heavy atom. The first kappa shape index (κ1) is 6.11. The molecule has 0 heterocycles. The van der Waals surface area contributed by atoms with Gasteiger partial charge in [0.05, 0.1) is 0 Å². The van der Waals surface area contributed by atoms with Crippen molar-refractivity contribution in [3.63, 3.8) is 0 Å². The number of aliphatic hydroxyl groups excluding tert-OH is 1. The van der Waals surface area contributed by atoms with Crippen molar-refractivity contribution in [2.24, 2.45) is 0 Å². The molecule has 0 fully saturated rings. The molecule has 0 aliphatic heterocycles. The van der Waals surface area contributed by atoms with E-state index < -0.39 is 0 Å². The topological polar surface area (TPSA) is 29.5 Å². The van der Waals surface area contributed by atoms with Crippen molar-refractivity contribution >= 4 is 0 Å². The summed E-state index contributed by atoms with van der Waals surface area (Å²) in [6.45, 7) is 0.631. The number of rotatable bonds is 2. The van der Waals surface area contributed by atoms with Gasteiger partial charge in [-0.3, -0.25) is 0 Å². The highest BCUT2D eigenvalue weighted by molar-refractivity contribution is 5.19. The molecule has 0 unspecified atom stereocenters. The molecular weight excluding hydrogens is 116 g/mol. The second kappa shape index (κ2) is 3.10. The fourth-order valence-corrected chi connectivity index (χ4v) is 0.507. The van der Waals surface area contributed by atoms with E-state index in [4.69, 9.17) is 5.11 Å². The van der Waals surface area contributed by atoms with Crippen molar-refractivity contribution in [1.82, 2.24) is 0 Å². The van der Waals surface area contributed by atoms with E-state index in [1.54, 1.807) is 18.2 Å². The molecule has 0 spiro atoms. The van der Waals surface area contributed by atoms with Crippen LogP contribution >= 0.6 is 0 Å². The fourth-order valence-electron chi connectivity index (χ4n) is 0.507. The van der Waals surface area contributed by atoms with Gasteiger partial charge in [-0.25, -0.2) is 0 Å². The van der Waals surface area contributed by atoms with Crippen LogP contribution in [0.1, 0.15) is 0 Å². The minimum absolute atomic E-state index is 0.514. The van der Waals surface area contributed by atoms with Gasteiger partial charge in [-0.2, -0.15) is 0 Å². The molecule has 0 aliphatic carbocycles. The molecule has 1 aromatic carbocycles. The molecule has 0 atom stereocenters. The van der Waals surface area contributed by atoms with Crippen LogP contribution in [-0.2, 0) is 0 Å². The van der Waals surface area contributed by atoms with Crippen LogP contribution in [0.5, 0.6) is 5.75 Å².